The van der Waals surface area contributed by atoms with Gasteiger partial charge in [0, 0.05) is 17.7 Å². The Kier molecular flexibility index (Phi) is 4.42. The van der Waals surface area contributed by atoms with Crippen LogP contribution in [-0.4, -0.2) is 24.4 Å². The predicted octanol–water partition coefficient (Wildman–Crippen LogP) is 2.32. The topological polar surface area (TPSA) is 55.5 Å². The van der Waals surface area contributed by atoms with Gasteiger partial charge in [-0.2, -0.15) is 13.2 Å². The molecule has 1 aromatic carbocycles. The molecule has 0 radical (unpaired) electrons. The fourth-order valence-corrected chi connectivity index (χ4v) is 1.79. The minimum absolute atomic E-state index is 0.0517. The van der Waals surface area contributed by atoms with Gasteiger partial charge in [-0.1, -0.05) is 6.92 Å². The van der Waals surface area contributed by atoms with E-state index < -0.39 is 29.2 Å². The maximum atomic E-state index is 13.8. The summed E-state index contributed by atoms with van der Waals surface area (Å²) in [6.07, 6.45) is -5.25. The molecule has 7 heteroatoms. The molecule has 3 nitrogen and oxygen atoms in total. The standard InChI is InChI=1S/C12H15F4NO2/c1-3-10(17)11(18,12(14,15)16)8-5-4-7(19-2)6-9(8)13/h4-6,10,18H,3,17H2,1-2H3. The molecule has 2 atom stereocenters. The Bertz CT molecular complexity index is 450. The van der Waals surface area contributed by atoms with E-state index in [-0.39, 0.29) is 12.2 Å². The number of ether oxygens (including phenoxy) is 1. The highest BCUT2D eigenvalue weighted by Gasteiger charge is 2.59. The molecular weight excluding hydrogens is 266 g/mol. The van der Waals surface area contributed by atoms with Crippen molar-refractivity contribution in [3.63, 3.8) is 0 Å². The van der Waals surface area contributed by atoms with Gasteiger partial charge in [-0.05, 0) is 18.6 Å². The van der Waals surface area contributed by atoms with Crippen molar-refractivity contribution in [1.82, 2.24) is 0 Å². The first-order valence-corrected chi connectivity index (χ1v) is 5.57. The van der Waals surface area contributed by atoms with E-state index in [4.69, 9.17) is 10.5 Å². The molecule has 2 unspecified atom stereocenters. The number of alkyl halides is 3. The Balaban J connectivity index is 3.42. The molecule has 0 aromatic heterocycles. The number of hydrogen-bond donors (Lipinski definition) is 2. The van der Waals surface area contributed by atoms with E-state index in [1.807, 2.05) is 0 Å². The molecule has 0 bridgehead atoms. The van der Waals surface area contributed by atoms with Crippen LogP contribution in [0.1, 0.15) is 18.9 Å². The quantitative estimate of drug-likeness (QED) is 0.833. The summed E-state index contributed by atoms with van der Waals surface area (Å²) < 4.78 is 57.7. The van der Waals surface area contributed by atoms with Crippen molar-refractivity contribution in [2.45, 2.75) is 31.2 Å². The third kappa shape index (κ3) is 2.66. The number of hydrogen-bond acceptors (Lipinski definition) is 3. The summed E-state index contributed by atoms with van der Waals surface area (Å²) in [5.74, 6) is -1.17. The smallest absolute Gasteiger partial charge is 0.423 e. The Morgan fingerprint density at radius 1 is 1.37 bits per heavy atom. The molecule has 0 heterocycles. The first kappa shape index (κ1) is 15.7. The average molecular weight is 281 g/mol. The molecule has 0 spiro atoms. The van der Waals surface area contributed by atoms with Crippen molar-refractivity contribution in [3.05, 3.63) is 29.6 Å². The van der Waals surface area contributed by atoms with Crippen LogP contribution in [0.15, 0.2) is 18.2 Å². The van der Waals surface area contributed by atoms with E-state index in [9.17, 15) is 22.7 Å². The van der Waals surface area contributed by atoms with Gasteiger partial charge in [0.1, 0.15) is 11.6 Å². The number of rotatable bonds is 4. The van der Waals surface area contributed by atoms with Crippen molar-refractivity contribution in [1.29, 1.82) is 0 Å². The first-order chi connectivity index (χ1) is 8.68. The second-order valence-electron chi connectivity index (χ2n) is 4.12. The van der Waals surface area contributed by atoms with E-state index >= 15 is 0 Å². The Morgan fingerprint density at radius 3 is 2.32 bits per heavy atom. The molecule has 0 fully saturated rings. The van der Waals surface area contributed by atoms with Crippen LogP contribution in [0.4, 0.5) is 17.6 Å². The van der Waals surface area contributed by atoms with Crippen molar-refractivity contribution >= 4 is 0 Å². The summed E-state index contributed by atoms with van der Waals surface area (Å²) in [6.45, 7) is 1.38. The fourth-order valence-electron chi connectivity index (χ4n) is 1.79. The minimum atomic E-state index is -5.09. The molecule has 0 aliphatic heterocycles. The lowest BCUT2D eigenvalue weighted by Gasteiger charge is -2.35. The largest absolute Gasteiger partial charge is 0.497 e. The van der Waals surface area contributed by atoms with Crippen molar-refractivity contribution in [2.75, 3.05) is 7.11 Å². The summed E-state index contributed by atoms with van der Waals surface area (Å²) >= 11 is 0. The van der Waals surface area contributed by atoms with Crippen LogP contribution in [0.3, 0.4) is 0 Å². The van der Waals surface area contributed by atoms with Crippen LogP contribution in [0.5, 0.6) is 5.75 Å². The average Bonchev–Trinajstić information content (AvgIpc) is 2.35. The van der Waals surface area contributed by atoms with Crippen LogP contribution in [0, 0.1) is 5.82 Å². The molecule has 0 amide bonds. The van der Waals surface area contributed by atoms with Crippen molar-refractivity contribution < 1.29 is 27.4 Å². The van der Waals surface area contributed by atoms with Crippen LogP contribution in [-0.2, 0) is 5.60 Å². The van der Waals surface area contributed by atoms with E-state index in [2.05, 4.69) is 0 Å². The maximum absolute atomic E-state index is 13.8. The maximum Gasteiger partial charge on any atom is 0.423 e. The molecule has 0 aliphatic carbocycles. The van der Waals surface area contributed by atoms with Crippen LogP contribution in [0.2, 0.25) is 0 Å². The van der Waals surface area contributed by atoms with Crippen molar-refractivity contribution in [2.24, 2.45) is 5.73 Å². The van der Waals surface area contributed by atoms with Gasteiger partial charge in [0.05, 0.1) is 7.11 Å². The second-order valence-corrected chi connectivity index (χ2v) is 4.12. The molecular formula is C12H15F4NO2. The molecule has 3 N–H and O–H groups in total. The molecule has 0 saturated carbocycles. The van der Waals surface area contributed by atoms with Gasteiger partial charge in [0.25, 0.3) is 0 Å². The number of benzene rings is 1. The van der Waals surface area contributed by atoms with E-state index in [0.29, 0.717) is 0 Å². The first-order valence-electron chi connectivity index (χ1n) is 5.57. The molecule has 108 valence electrons. The monoisotopic (exact) mass is 281 g/mol. The lowest BCUT2D eigenvalue weighted by atomic mass is 9.84. The van der Waals surface area contributed by atoms with E-state index in [0.717, 1.165) is 18.2 Å². The lowest BCUT2D eigenvalue weighted by Crippen LogP contribution is -2.55. The molecule has 1 aromatic rings. The Hall–Kier alpha value is -1.34. The SMILES string of the molecule is CCC(N)C(O)(c1ccc(OC)cc1F)C(F)(F)F. The highest BCUT2D eigenvalue weighted by molar-refractivity contribution is 5.34. The van der Waals surface area contributed by atoms with E-state index in [1.54, 1.807) is 0 Å². The number of nitrogens with two attached hydrogens (primary N) is 1. The Morgan fingerprint density at radius 2 is 1.95 bits per heavy atom. The number of aliphatic hydroxyl groups is 1. The minimum Gasteiger partial charge on any atom is -0.497 e. The van der Waals surface area contributed by atoms with Gasteiger partial charge in [0.2, 0.25) is 5.60 Å². The normalized spacial score (nSPS) is 16.8. The van der Waals surface area contributed by atoms with Gasteiger partial charge < -0.3 is 15.6 Å². The second kappa shape index (κ2) is 5.34. The number of halogens is 4. The highest BCUT2D eigenvalue weighted by atomic mass is 19.4. The summed E-state index contributed by atoms with van der Waals surface area (Å²) in [7, 11) is 1.25. The van der Waals surface area contributed by atoms with Crippen LogP contribution in [0.25, 0.3) is 0 Å². The molecule has 19 heavy (non-hydrogen) atoms. The molecule has 0 aliphatic rings. The van der Waals surface area contributed by atoms with Crippen molar-refractivity contribution in [3.8, 4) is 5.75 Å². The van der Waals surface area contributed by atoms with Gasteiger partial charge in [-0.25, -0.2) is 4.39 Å². The number of methoxy groups -OCH3 is 1. The highest BCUT2D eigenvalue weighted by Crippen LogP contribution is 2.43. The zero-order chi connectivity index (χ0) is 14.8. The fraction of sp³-hybridized carbons (Fsp3) is 0.500. The lowest BCUT2D eigenvalue weighted by molar-refractivity contribution is -0.275. The molecule has 1 rings (SSSR count). The summed E-state index contributed by atoms with van der Waals surface area (Å²) in [6, 6.07) is 1.07. The zero-order valence-corrected chi connectivity index (χ0v) is 10.5. The van der Waals surface area contributed by atoms with Crippen LogP contribution >= 0.6 is 0 Å². The predicted molar refractivity (Wildman–Crippen MR) is 61.2 cm³/mol. The third-order valence-corrected chi connectivity index (χ3v) is 3.00. The summed E-state index contributed by atoms with van der Waals surface area (Å²) in [5.41, 5.74) is 1.00. The third-order valence-electron chi connectivity index (χ3n) is 3.00. The Labute approximate surface area is 108 Å². The van der Waals surface area contributed by atoms with Crippen LogP contribution < -0.4 is 10.5 Å². The van der Waals surface area contributed by atoms with Gasteiger partial charge in [-0.3, -0.25) is 0 Å². The summed E-state index contributed by atoms with van der Waals surface area (Å²) in [5, 5.41) is 9.90. The zero-order valence-electron chi connectivity index (χ0n) is 10.5. The molecule has 0 saturated heterocycles. The van der Waals surface area contributed by atoms with Gasteiger partial charge >= 0.3 is 6.18 Å². The van der Waals surface area contributed by atoms with Gasteiger partial charge in [0.15, 0.2) is 0 Å². The van der Waals surface area contributed by atoms with E-state index in [1.165, 1.54) is 14.0 Å². The summed E-state index contributed by atoms with van der Waals surface area (Å²) in [4.78, 5) is 0. The van der Waals surface area contributed by atoms with Gasteiger partial charge in [-0.15, -0.1) is 0 Å².